The molecule has 20 heavy (non-hydrogen) atoms. The van der Waals surface area contributed by atoms with E-state index in [9.17, 15) is 13.2 Å². The van der Waals surface area contributed by atoms with Gasteiger partial charge >= 0.3 is 6.18 Å². The van der Waals surface area contributed by atoms with Crippen molar-refractivity contribution >= 4 is 21.7 Å². The number of nitrogens with zero attached hydrogens (tertiary/aromatic N) is 1. The van der Waals surface area contributed by atoms with E-state index in [-0.39, 0.29) is 11.2 Å². The van der Waals surface area contributed by atoms with E-state index in [2.05, 4.69) is 26.2 Å². The minimum atomic E-state index is -4.43. The Hall–Kier alpha value is -0.820. The number of hydrogen-bond donors (Lipinski definition) is 2. The molecule has 3 nitrogen and oxygen atoms in total. The second-order valence-corrected chi connectivity index (χ2v) is 6.37. The molecule has 0 atom stereocenters. The number of pyridine rings is 1. The van der Waals surface area contributed by atoms with Crippen LogP contribution in [0.4, 0.5) is 19.0 Å². The molecule has 0 aliphatic heterocycles. The van der Waals surface area contributed by atoms with Crippen LogP contribution in [0.2, 0.25) is 0 Å². The maximum Gasteiger partial charge on any atom is 0.419 e. The fourth-order valence-corrected chi connectivity index (χ4v) is 2.12. The predicted molar refractivity (Wildman–Crippen MR) is 77.5 cm³/mol. The van der Waals surface area contributed by atoms with Gasteiger partial charge in [0.05, 0.1) is 5.56 Å². The molecule has 0 saturated carbocycles. The van der Waals surface area contributed by atoms with Gasteiger partial charge < -0.3 is 11.1 Å². The summed E-state index contributed by atoms with van der Waals surface area (Å²) in [7, 11) is 0. The molecule has 1 heterocycles. The van der Waals surface area contributed by atoms with Gasteiger partial charge in [-0.3, -0.25) is 0 Å². The average molecular weight is 354 g/mol. The number of nitrogens with one attached hydrogen (secondary N) is 1. The van der Waals surface area contributed by atoms with E-state index in [0.717, 1.165) is 18.9 Å². The molecule has 1 aromatic rings. The van der Waals surface area contributed by atoms with Gasteiger partial charge in [-0.05, 0) is 46.8 Å². The Morgan fingerprint density at radius 3 is 2.55 bits per heavy atom. The smallest absolute Gasteiger partial charge is 0.369 e. The highest BCUT2D eigenvalue weighted by Crippen LogP contribution is 2.35. The van der Waals surface area contributed by atoms with Crippen LogP contribution < -0.4 is 11.1 Å². The second-order valence-electron chi connectivity index (χ2n) is 5.46. The molecule has 0 amide bonds. The number of aromatic nitrogens is 1. The molecule has 0 aliphatic carbocycles. The summed E-state index contributed by atoms with van der Waals surface area (Å²) in [6.07, 6.45) is -1.39. The van der Waals surface area contributed by atoms with Crippen molar-refractivity contribution < 1.29 is 13.2 Å². The van der Waals surface area contributed by atoms with E-state index in [1.54, 1.807) is 0 Å². The van der Waals surface area contributed by atoms with Crippen molar-refractivity contribution in [2.75, 3.05) is 18.4 Å². The molecule has 0 fully saturated rings. The predicted octanol–water partition coefficient (Wildman–Crippen LogP) is 4.04. The first-order chi connectivity index (χ1) is 9.15. The van der Waals surface area contributed by atoms with Gasteiger partial charge in [0.1, 0.15) is 5.82 Å². The number of rotatable bonds is 6. The molecular formula is C13H19BrF3N3. The first kappa shape index (κ1) is 17.2. The van der Waals surface area contributed by atoms with Crippen LogP contribution in [0.25, 0.3) is 0 Å². The number of anilines is 1. The van der Waals surface area contributed by atoms with Crippen LogP contribution >= 0.6 is 15.9 Å². The van der Waals surface area contributed by atoms with Gasteiger partial charge in [-0.25, -0.2) is 4.98 Å². The van der Waals surface area contributed by atoms with E-state index < -0.39 is 11.7 Å². The molecule has 0 radical (unpaired) electrons. The lowest BCUT2D eigenvalue weighted by atomic mass is 9.88. The fourth-order valence-electron chi connectivity index (χ4n) is 1.79. The zero-order chi connectivity index (χ0) is 15.4. The van der Waals surface area contributed by atoms with Gasteiger partial charge in [-0.1, -0.05) is 13.8 Å². The molecule has 0 aliphatic rings. The van der Waals surface area contributed by atoms with Crippen molar-refractivity contribution in [2.45, 2.75) is 32.9 Å². The first-order valence-electron chi connectivity index (χ1n) is 6.32. The van der Waals surface area contributed by atoms with Gasteiger partial charge in [-0.15, -0.1) is 0 Å². The van der Waals surface area contributed by atoms with E-state index in [1.807, 2.05) is 13.8 Å². The normalized spacial score (nSPS) is 12.6. The highest BCUT2D eigenvalue weighted by molar-refractivity contribution is 9.10. The van der Waals surface area contributed by atoms with Crippen LogP contribution in [-0.2, 0) is 6.18 Å². The van der Waals surface area contributed by atoms with Crippen LogP contribution in [0.5, 0.6) is 0 Å². The van der Waals surface area contributed by atoms with Gasteiger partial charge in [0, 0.05) is 17.2 Å². The lowest BCUT2D eigenvalue weighted by Crippen LogP contribution is -2.25. The number of hydrogen-bond acceptors (Lipinski definition) is 3. The number of nitrogens with two attached hydrogens (primary N) is 1. The summed E-state index contributed by atoms with van der Waals surface area (Å²) in [6, 6.07) is 1.03. The van der Waals surface area contributed by atoms with Crippen molar-refractivity contribution in [3.8, 4) is 0 Å². The Balaban J connectivity index is 2.83. The van der Waals surface area contributed by atoms with Crippen LogP contribution in [0.3, 0.4) is 0 Å². The summed E-state index contributed by atoms with van der Waals surface area (Å²) < 4.78 is 39.1. The summed E-state index contributed by atoms with van der Waals surface area (Å²) in [5, 5.41) is 2.80. The Morgan fingerprint density at radius 2 is 2.00 bits per heavy atom. The largest absolute Gasteiger partial charge is 0.419 e. The van der Waals surface area contributed by atoms with Crippen molar-refractivity contribution in [3.05, 3.63) is 22.3 Å². The monoisotopic (exact) mass is 353 g/mol. The SMILES string of the molecule is CC(C)(CCCN)CNc1ncc(Br)cc1C(F)(F)F. The van der Waals surface area contributed by atoms with Gasteiger partial charge in [0.25, 0.3) is 0 Å². The summed E-state index contributed by atoms with van der Waals surface area (Å²) in [6.45, 7) is 4.96. The first-order valence-corrected chi connectivity index (χ1v) is 7.12. The topological polar surface area (TPSA) is 50.9 Å². The molecular weight excluding hydrogens is 335 g/mol. The summed E-state index contributed by atoms with van der Waals surface area (Å²) in [5.74, 6) is -0.137. The maximum atomic E-state index is 12.9. The van der Waals surface area contributed by atoms with Gasteiger partial charge in [0.2, 0.25) is 0 Å². The van der Waals surface area contributed by atoms with E-state index >= 15 is 0 Å². The molecule has 3 N–H and O–H groups in total. The molecule has 0 spiro atoms. The van der Waals surface area contributed by atoms with Crippen LogP contribution in [-0.4, -0.2) is 18.1 Å². The fraction of sp³-hybridized carbons (Fsp3) is 0.615. The Kier molecular flexibility index (Phi) is 5.82. The minimum absolute atomic E-state index is 0.137. The van der Waals surface area contributed by atoms with Gasteiger partial charge in [-0.2, -0.15) is 13.2 Å². The Labute approximate surface area is 125 Å². The molecule has 7 heteroatoms. The maximum absolute atomic E-state index is 12.9. The number of halogens is 4. The molecule has 0 saturated heterocycles. The van der Waals surface area contributed by atoms with Crippen LogP contribution in [0.1, 0.15) is 32.3 Å². The molecule has 0 aromatic carbocycles. The van der Waals surface area contributed by atoms with Gasteiger partial charge in [0.15, 0.2) is 0 Å². The highest BCUT2D eigenvalue weighted by Gasteiger charge is 2.35. The molecule has 1 rings (SSSR count). The Bertz CT molecular complexity index is 447. The lowest BCUT2D eigenvalue weighted by Gasteiger charge is -2.26. The summed E-state index contributed by atoms with van der Waals surface area (Å²) >= 11 is 3.01. The molecule has 0 bridgehead atoms. The van der Waals surface area contributed by atoms with Crippen molar-refractivity contribution in [3.63, 3.8) is 0 Å². The zero-order valence-corrected chi connectivity index (χ0v) is 13.1. The van der Waals surface area contributed by atoms with Crippen molar-refractivity contribution in [2.24, 2.45) is 11.1 Å². The summed E-state index contributed by atoms with van der Waals surface area (Å²) in [4.78, 5) is 3.83. The van der Waals surface area contributed by atoms with Crippen LogP contribution in [0.15, 0.2) is 16.7 Å². The zero-order valence-electron chi connectivity index (χ0n) is 11.5. The standard InChI is InChI=1S/C13H19BrF3N3/c1-12(2,4-3-5-18)8-20-11-10(13(15,16)17)6-9(14)7-19-11/h6-7H,3-5,8,18H2,1-2H3,(H,19,20). The van der Waals surface area contributed by atoms with Crippen molar-refractivity contribution in [1.29, 1.82) is 0 Å². The molecule has 1 aromatic heterocycles. The molecule has 114 valence electrons. The third-order valence-corrected chi connectivity index (χ3v) is 3.39. The third-order valence-electron chi connectivity index (χ3n) is 2.95. The van der Waals surface area contributed by atoms with Crippen LogP contribution in [0, 0.1) is 5.41 Å². The van der Waals surface area contributed by atoms with E-state index in [4.69, 9.17) is 5.73 Å². The highest BCUT2D eigenvalue weighted by atomic mass is 79.9. The quantitative estimate of drug-likeness (QED) is 0.811. The summed E-state index contributed by atoms with van der Waals surface area (Å²) in [5.41, 5.74) is 4.55. The minimum Gasteiger partial charge on any atom is -0.369 e. The van der Waals surface area contributed by atoms with Crippen molar-refractivity contribution in [1.82, 2.24) is 4.98 Å². The Morgan fingerprint density at radius 1 is 1.35 bits per heavy atom. The molecule has 0 unspecified atom stereocenters. The average Bonchev–Trinajstić information content (AvgIpc) is 2.34. The second kappa shape index (κ2) is 6.76. The van der Waals surface area contributed by atoms with E-state index in [0.29, 0.717) is 17.6 Å². The lowest BCUT2D eigenvalue weighted by molar-refractivity contribution is -0.137. The third kappa shape index (κ3) is 5.28. The van der Waals surface area contributed by atoms with E-state index in [1.165, 1.54) is 6.20 Å². The number of alkyl halides is 3.